The Hall–Kier alpha value is -2.35. The lowest BCUT2D eigenvalue weighted by Gasteiger charge is -2.32. The van der Waals surface area contributed by atoms with E-state index in [9.17, 15) is 4.79 Å². The van der Waals surface area contributed by atoms with Gasteiger partial charge < -0.3 is 24.2 Å². The van der Waals surface area contributed by atoms with Crippen LogP contribution < -0.4 is 10.2 Å². The molecule has 2 aliphatic rings. The Bertz CT molecular complexity index is 804. The molecular weight excluding hydrogens is 331 g/mol. The summed E-state index contributed by atoms with van der Waals surface area (Å²) in [6, 6.07) is 12.9. The summed E-state index contributed by atoms with van der Waals surface area (Å²) in [6.07, 6.45) is 0. The van der Waals surface area contributed by atoms with Crippen molar-refractivity contribution in [2.24, 2.45) is 0 Å². The Kier molecular flexibility index (Phi) is 4.67. The molecule has 0 unspecified atom stereocenters. The molecule has 0 spiro atoms. The maximum Gasteiger partial charge on any atom is 0.731 e. The number of carbonyl (C=O) groups excluding carboxylic acids is 1. The van der Waals surface area contributed by atoms with Crippen LogP contribution in [0.1, 0.15) is 15.9 Å². The lowest BCUT2D eigenvalue weighted by atomic mass is 9.80. The molecule has 2 heterocycles. The summed E-state index contributed by atoms with van der Waals surface area (Å²) in [7, 11) is 1.47. The molecule has 1 saturated heterocycles. The van der Waals surface area contributed by atoms with Gasteiger partial charge in [-0.05, 0) is 49.0 Å². The Morgan fingerprint density at radius 2 is 1.77 bits per heavy atom. The van der Waals surface area contributed by atoms with E-state index in [2.05, 4.69) is 11.9 Å². The van der Waals surface area contributed by atoms with Crippen molar-refractivity contribution in [2.75, 3.05) is 33.2 Å². The fourth-order valence-corrected chi connectivity index (χ4v) is 3.28. The Morgan fingerprint density at radius 3 is 2.50 bits per heavy atom. The van der Waals surface area contributed by atoms with Crippen LogP contribution in [0.5, 0.6) is 11.5 Å². The summed E-state index contributed by atoms with van der Waals surface area (Å²) in [5.41, 5.74) is 2.57. The van der Waals surface area contributed by atoms with Gasteiger partial charge in [0, 0.05) is 31.7 Å². The lowest BCUT2D eigenvalue weighted by molar-refractivity contribution is 0.0664. The van der Waals surface area contributed by atoms with Gasteiger partial charge in [0.2, 0.25) is 0 Å². The van der Waals surface area contributed by atoms with Crippen molar-refractivity contribution < 1.29 is 19.2 Å². The third-order valence-corrected chi connectivity index (χ3v) is 4.93. The van der Waals surface area contributed by atoms with Gasteiger partial charge in [0.25, 0.3) is 5.91 Å². The van der Waals surface area contributed by atoms with E-state index in [-0.39, 0.29) is 5.91 Å². The quantitative estimate of drug-likeness (QED) is 0.605. The fourth-order valence-electron chi connectivity index (χ4n) is 3.28. The number of likely N-dealkylation sites (N-methyl/N-ethyl adjacent to an activating group) is 1. The van der Waals surface area contributed by atoms with Crippen molar-refractivity contribution in [1.29, 1.82) is 0 Å². The molecule has 7 heteroatoms. The molecule has 134 valence electrons. The van der Waals surface area contributed by atoms with Crippen molar-refractivity contribution in [3.63, 3.8) is 0 Å². The normalized spacial score (nSPS) is 17.3. The van der Waals surface area contributed by atoms with Crippen LogP contribution in [0, 0.1) is 0 Å². The molecule has 2 aromatic rings. The summed E-state index contributed by atoms with van der Waals surface area (Å²) in [4.78, 5) is 16.7. The maximum absolute atomic E-state index is 12.6. The van der Waals surface area contributed by atoms with E-state index in [1.807, 2.05) is 47.4 Å². The second kappa shape index (κ2) is 7.11. The highest BCUT2D eigenvalue weighted by Gasteiger charge is 2.36. The number of nitrogens with zero attached hydrogens (tertiary/aromatic N) is 2. The number of hydrogen-bond donors (Lipinski definition) is 0. The Morgan fingerprint density at radius 1 is 1.08 bits per heavy atom. The van der Waals surface area contributed by atoms with Crippen LogP contribution in [0.4, 0.5) is 0 Å². The largest absolute Gasteiger partial charge is 0.731 e. The SMILES string of the molecule is CN1CCN(C(=O)c2ccc(Oc3ccc4c(c3)COB4[OH2+])cc2)CC1. The molecule has 2 aliphatic heterocycles. The van der Waals surface area contributed by atoms with Gasteiger partial charge in [0.1, 0.15) is 11.5 Å². The number of rotatable bonds is 3. The highest BCUT2D eigenvalue weighted by molar-refractivity contribution is 6.61. The van der Waals surface area contributed by atoms with Crippen molar-refractivity contribution in [1.82, 2.24) is 9.80 Å². The number of hydrogen-bond acceptors (Lipinski definition) is 4. The predicted octanol–water partition coefficient (Wildman–Crippen LogP) is 0.816. The van der Waals surface area contributed by atoms with Crippen LogP contribution in [0.15, 0.2) is 42.5 Å². The van der Waals surface area contributed by atoms with Crippen LogP contribution in [-0.2, 0) is 11.3 Å². The molecule has 26 heavy (non-hydrogen) atoms. The number of benzene rings is 2. The molecule has 4 rings (SSSR count). The highest BCUT2D eigenvalue weighted by atomic mass is 16.5. The minimum atomic E-state index is -0.598. The average molecular weight is 353 g/mol. The first kappa shape index (κ1) is 17.1. The van der Waals surface area contributed by atoms with Gasteiger partial charge in [-0.2, -0.15) is 0 Å². The minimum absolute atomic E-state index is 0.0702. The van der Waals surface area contributed by atoms with Gasteiger partial charge in [-0.25, -0.2) is 0 Å². The second-order valence-electron chi connectivity index (χ2n) is 6.77. The van der Waals surface area contributed by atoms with Crippen LogP contribution in [0.2, 0.25) is 0 Å². The lowest BCUT2D eigenvalue weighted by Crippen LogP contribution is -2.47. The van der Waals surface area contributed by atoms with Crippen molar-refractivity contribution >= 4 is 18.5 Å². The predicted molar refractivity (Wildman–Crippen MR) is 100 cm³/mol. The topological polar surface area (TPSA) is 64.9 Å². The smallest absolute Gasteiger partial charge is 0.522 e. The zero-order valence-corrected chi connectivity index (χ0v) is 14.8. The molecule has 6 nitrogen and oxygen atoms in total. The molecule has 1 fully saturated rings. The van der Waals surface area contributed by atoms with Gasteiger partial charge in [0.15, 0.2) is 0 Å². The number of piperazine rings is 1. The highest BCUT2D eigenvalue weighted by Crippen LogP contribution is 2.24. The van der Waals surface area contributed by atoms with E-state index in [1.165, 1.54) is 0 Å². The van der Waals surface area contributed by atoms with Gasteiger partial charge in [-0.3, -0.25) is 4.79 Å². The first-order valence-electron chi connectivity index (χ1n) is 8.81. The fraction of sp³-hybridized carbons (Fsp3) is 0.316. The molecule has 0 radical (unpaired) electrons. The number of ether oxygens (including phenoxy) is 1. The molecule has 1 amide bonds. The summed E-state index contributed by atoms with van der Waals surface area (Å²) in [6.45, 7) is 3.80. The number of fused-ring (bicyclic) bond motifs is 1. The van der Waals surface area contributed by atoms with Crippen molar-refractivity contribution in [2.45, 2.75) is 6.61 Å². The summed E-state index contributed by atoms with van der Waals surface area (Å²) >= 11 is 0. The minimum Gasteiger partial charge on any atom is -0.522 e. The molecule has 0 bridgehead atoms. The van der Waals surface area contributed by atoms with E-state index in [1.54, 1.807) is 0 Å². The van der Waals surface area contributed by atoms with E-state index < -0.39 is 7.12 Å². The Balaban J connectivity index is 1.42. The first-order valence-corrected chi connectivity index (χ1v) is 8.81. The molecule has 2 N–H and O–H groups in total. The van der Waals surface area contributed by atoms with E-state index in [0.717, 1.165) is 37.2 Å². The van der Waals surface area contributed by atoms with Gasteiger partial charge >= 0.3 is 7.12 Å². The third kappa shape index (κ3) is 3.46. The molecule has 2 aromatic carbocycles. The summed E-state index contributed by atoms with van der Waals surface area (Å²) < 4.78 is 11.2. The summed E-state index contributed by atoms with van der Waals surface area (Å²) in [5.74, 6) is 1.46. The van der Waals surface area contributed by atoms with E-state index >= 15 is 0 Å². The molecule has 0 aromatic heterocycles. The standard InChI is InChI=1S/C19H21BN2O4/c1-21-8-10-22(11-9-21)19(23)14-2-4-16(5-3-14)26-17-6-7-18-15(12-17)13-25-20(18)24/h2-7,12,24H,8-11,13H2,1H3/p+1. The average Bonchev–Trinajstić information content (AvgIpc) is 3.03. The third-order valence-electron chi connectivity index (χ3n) is 4.93. The molecule has 0 aliphatic carbocycles. The molecular formula is C19H22BN2O4+. The van der Waals surface area contributed by atoms with Gasteiger partial charge in [-0.15, -0.1) is 0 Å². The van der Waals surface area contributed by atoms with Crippen molar-refractivity contribution in [3.05, 3.63) is 53.6 Å². The maximum atomic E-state index is 12.6. The number of amides is 1. The Labute approximate surface area is 153 Å². The monoisotopic (exact) mass is 353 g/mol. The first-order chi connectivity index (χ1) is 12.6. The van der Waals surface area contributed by atoms with E-state index in [0.29, 0.717) is 23.7 Å². The zero-order valence-electron chi connectivity index (χ0n) is 14.8. The van der Waals surface area contributed by atoms with Crippen LogP contribution >= 0.6 is 0 Å². The van der Waals surface area contributed by atoms with E-state index in [4.69, 9.17) is 14.4 Å². The van der Waals surface area contributed by atoms with Crippen molar-refractivity contribution in [3.8, 4) is 11.5 Å². The van der Waals surface area contributed by atoms with Gasteiger partial charge in [0.05, 0.1) is 12.1 Å². The summed E-state index contributed by atoms with van der Waals surface area (Å²) in [5, 5.41) is 7.76. The zero-order chi connectivity index (χ0) is 18.1. The van der Waals surface area contributed by atoms with Crippen LogP contribution in [-0.4, -0.2) is 61.1 Å². The van der Waals surface area contributed by atoms with Crippen LogP contribution in [0.25, 0.3) is 0 Å². The van der Waals surface area contributed by atoms with Crippen LogP contribution in [0.3, 0.4) is 0 Å². The second-order valence-corrected chi connectivity index (χ2v) is 6.77. The van der Waals surface area contributed by atoms with Gasteiger partial charge in [-0.1, -0.05) is 6.07 Å². The molecule has 0 saturated carbocycles. The molecule has 0 atom stereocenters. The number of carbonyl (C=O) groups is 1.